The lowest BCUT2D eigenvalue weighted by Gasteiger charge is -2.27. The zero-order chi connectivity index (χ0) is 19.1. The average molecular weight is 370 g/mol. The van der Waals surface area contributed by atoms with Crippen LogP contribution in [0, 0.1) is 0 Å². The monoisotopic (exact) mass is 370 g/mol. The number of urea groups is 1. The van der Waals surface area contributed by atoms with Crippen molar-refractivity contribution in [1.82, 2.24) is 19.7 Å². The summed E-state index contributed by atoms with van der Waals surface area (Å²) in [6.07, 6.45) is 1.58. The number of carbonyl (C=O) groups is 3. The fraction of sp³-hybridized carbons (Fsp3) is 0.333. The molecule has 0 aliphatic carbocycles. The summed E-state index contributed by atoms with van der Waals surface area (Å²) in [7, 11) is 0. The largest absolute Gasteiger partial charge is 0.480 e. The number of fused-ring (bicyclic) bond motifs is 4. The van der Waals surface area contributed by atoms with Crippen molar-refractivity contribution in [3.05, 3.63) is 53.3 Å². The second-order valence-corrected chi connectivity index (χ2v) is 6.61. The molecule has 0 radical (unpaired) electrons. The van der Waals surface area contributed by atoms with Crippen LogP contribution in [0.5, 0.6) is 0 Å². The Morgan fingerprint density at radius 2 is 2.04 bits per heavy atom. The Balaban J connectivity index is 1.65. The molecule has 1 saturated heterocycles. The Bertz CT molecular complexity index is 910. The van der Waals surface area contributed by atoms with Crippen molar-refractivity contribution < 1.29 is 24.3 Å². The van der Waals surface area contributed by atoms with E-state index in [4.69, 9.17) is 9.94 Å². The van der Waals surface area contributed by atoms with E-state index >= 15 is 0 Å². The molecule has 27 heavy (non-hydrogen) atoms. The van der Waals surface area contributed by atoms with Gasteiger partial charge in [-0.15, -0.1) is 0 Å². The molecule has 1 aromatic carbocycles. The summed E-state index contributed by atoms with van der Waals surface area (Å²) in [4.78, 5) is 43.2. The van der Waals surface area contributed by atoms with Gasteiger partial charge in [0.15, 0.2) is 5.78 Å². The number of carboxylic acids is 1. The van der Waals surface area contributed by atoms with Gasteiger partial charge in [0.25, 0.3) is 0 Å². The van der Waals surface area contributed by atoms with Gasteiger partial charge >= 0.3 is 12.0 Å². The summed E-state index contributed by atoms with van der Waals surface area (Å²) in [5, 5.41) is 14.5. The Hall–Kier alpha value is -3.20. The number of amides is 2. The highest BCUT2D eigenvalue weighted by atomic mass is 16.7. The normalized spacial score (nSPS) is 20.7. The van der Waals surface area contributed by atoms with Gasteiger partial charge in [0.05, 0.1) is 12.2 Å². The molecule has 0 saturated carbocycles. The first-order valence-corrected chi connectivity index (χ1v) is 8.52. The van der Waals surface area contributed by atoms with Crippen LogP contribution < -0.4 is 0 Å². The van der Waals surface area contributed by atoms with Crippen molar-refractivity contribution in [3.8, 4) is 0 Å². The summed E-state index contributed by atoms with van der Waals surface area (Å²) in [6.45, 7) is 1.58. The number of Topliss-reactive ketones (excluding diaryl/α,β-unsaturated/α-hetero) is 1. The molecule has 140 valence electrons. The molecule has 4 rings (SSSR count). The molecule has 9 heteroatoms. The van der Waals surface area contributed by atoms with Crippen LogP contribution in [0.1, 0.15) is 35.8 Å². The molecule has 2 aliphatic heterocycles. The molecule has 2 aromatic rings. The van der Waals surface area contributed by atoms with Crippen molar-refractivity contribution in [2.75, 3.05) is 6.54 Å². The van der Waals surface area contributed by atoms with Gasteiger partial charge in [0, 0.05) is 11.8 Å². The summed E-state index contributed by atoms with van der Waals surface area (Å²) < 4.78 is 1.28. The fourth-order valence-electron chi connectivity index (χ4n) is 3.60. The maximum atomic E-state index is 12.8. The maximum absolute atomic E-state index is 12.8. The number of hydrogen-bond donors (Lipinski definition) is 1. The van der Waals surface area contributed by atoms with Crippen LogP contribution in [0.2, 0.25) is 0 Å². The fourth-order valence-corrected chi connectivity index (χ4v) is 3.60. The highest BCUT2D eigenvalue weighted by Gasteiger charge is 2.51. The van der Waals surface area contributed by atoms with Crippen molar-refractivity contribution in [3.63, 3.8) is 0 Å². The van der Waals surface area contributed by atoms with E-state index < -0.39 is 18.1 Å². The van der Waals surface area contributed by atoms with Gasteiger partial charge in [-0.05, 0) is 12.5 Å². The van der Waals surface area contributed by atoms with Crippen LogP contribution in [-0.2, 0) is 27.6 Å². The van der Waals surface area contributed by atoms with Crippen molar-refractivity contribution in [2.45, 2.75) is 32.2 Å². The van der Waals surface area contributed by atoms with E-state index in [9.17, 15) is 14.4 Å². The van der Waals surface area contributed by atoms with E-state index in [2.05, 4.69) is 5.10 Å². The van der Waals surface area contributed by atoms with Crippen LogP contribution in [0.15, 0.2) is 36.5 Å². The highest BCUT2D eigenvalue weighted by Crippen LogP contribution is 2.43. The minimum atomic E-state index is -1.03. The smallest absolute Gasteiger partial charge is 0.345 e. The molecule has 0 unspecified atom stereocenters. The molecule has 2 bridgehead atoms. The van der Waals surface area contributed by atoms with Crippen LogP contribution in [0.3, 0.4) is 0 Å². The Labute approximate surface area is 154 Å². The lowest BCUT2D eigenvalue weighted by Crippen LogP contribution is -2.37. The van der Waals surface area contributed by atoms with E-state index in [-0.39, 0.29) is 25.0 Å². The zero-order valence-corrected chi connectivity index (χ0v) is 14.6. The predicted molar refractivity (Wildman–Crippen MR) is 91.2 cm³/mol. The molecule has 1 fully saturated rings. The molecular weight excluding hydrogens is 352 g/mol. The number of hydroxylamine groups is 2. The number of aliphatic carboxylic acids is 1. The first kappa shape index (κ1) is 17.2. The van der Waals surface area contributed by atoms with Gasteiger partial charge in [-0.2, -0.15) is 10.2 Å². The summed E-state index contributed by atoms with van der Waals surface area (Å²) in [5.74, 6) is -1.26. The number of carboxylic acid groups (broad SMARTS) is 1. The second-order valence-electron chi connectivity index (χ2n) is 6.61. The van der Waals surface area contributed by atoms with E-state index in [1.54, 1.807) is 6.20 Å². The van der Waals surface area contributed by atoms with Crippen molar-refractivity contribution >= 4 is 17.8 Å². The summed E-state index contributed by atoms with van der Waals surface area (Å²) in [5.41, 5.74) is 1.97. The molecular formula is C18H18N4O5. The predicted octanol–water partition coefficient (Wildman–Crippen LogP) is 1.52. The molecule has 0 spiro atoms. The van der Waals surface area contributed by atoms with Crippen LogP contribution in [0.4, 0.5) is 4.79 Å². The Morgan fingerprint density at radius 3 is 2.70 bits per heavy atom. The number of ketones is 1. The van der Waals surface area contributed by atoms with Gasteiger partial charge in [-0.25, -0.2) is 4.79 Å². The SMILES string of the molecule is CC(=O)[C@@H]1c2nn(CC(=O)O)cc2[C@H]2CN1C(=O)N2OCc1ccccc1. The first-order valence-electron chi connectivity index (χ1n) is 8.52. The highest BCUT2D eigenvalue weighted by molar-refractivity contribution is 5.90. The van der Waals surface area contributed by atoms with E-state index in [0.29, 0.717) is 17.8 Å². The third kappa shape index (κ3) is 2.95. The lowest BCUT2D eigenvalue weighted by molar-refractivity contribution is -0.141. The van der Waals surface area contributed by atoms with Crippen LogP contribution in [-0.4, -0.2) is 49.2 Å². The number of benzene rings is 1. The molecule has 1 N–H and O–H groups in total. The Morgan fingerprint density at radius 1 is 1.30 bits per heavy atom. The van der Waals surface area contributed by atoms with Gasteiger partial charge in [0.1, 0.15) is 25.2 Å². The maximum Gasteiger partial charge on any atom is 0.345 e. The molecule has 1 aromatic heterocycles. The number of nitrogens with zero attached hydrogens (tertiary/aromatic N) is 4. The third-order valence-corrected chi connectivity index (χ3v) is 4.73. The van der Waals surface area contributed by atoms with E-state index in [0.717, 1.165) is 5.56 Å². The number of aromatic nitrogens is 2. The second kappa shape index (κ2) is 6.51. The molecule has 2 atom stereocenters. The van der Waals surface area contributed by atoms with Gasteiger partial charge in [0.2, 0.25) is 0 Å². The minimum absolute atomic E-state index is 0.209. The molecule has 2 amide bonds. The first-order chi connectivity index (χ1) is 13.0. The number of carbonyl (C=O) groups excluding carboxylic acids is 2. The molecule has 2 aliphatic rings. The topological polar surface area (TPSA) is 105 Å². The Kier molecular flexibility index (Phi) is 4.15. The number of rotatable bonds is 6. The van der Waals surface area contributed by atoms with Gasteiger partial charge in [-0.1, -0.05) is 30.3 Å². The molecule has 9 nitrogen and oxygen atoms in total. The van der Waals surface area contributed by atoms with Crippen molar-refractivity contribution in [1.29, 1.82) is 0 Å². The van der Waals surface area contributed by atoms with Gasteiger partial charge in [-0.3, -0.25) is 19.1 Å². The zero-order valence-electron chi connectivity index (χ0n) is 14.6. The van der Waals surface area contributed by atoms with Crippen LogP contribution in [0.25, 0.3) is 0 Å². The van der Waals surface area contributed by atoms with E-state index in [1.807, 2.05) is 30.3 Å². The van der Waals surface area contributed by atoms with E-state index in [1.165, 1.54) is 21.6 Å². The summed E-state index contributed by atoms with van der Waals surface area (Å²) in [6, 6.07) is 7.78. The number of hydrogen-bond acceptors (Lipinski definition) is 5. The van der Waals surface area contributed by atoms with Gasteiger partial charge < -0.3 is 10.0 Å². The summed E-state index contributed by atoms with van der Waals surface area (Å²) >= 11 is 0. The van der Waals surface area contributed by atoms with Crippen LogP contribution >= 0.6 is 0 Å². The quantitative estimate of drug-likeness (QED) is 0.827. The third-order valence-electron chi connectivity index (χ3n) is 4.73. The lowest BCUT2D eigenvalue weighted by atomic mass is 9.96. The standard InChI is InChI=1S/C18H18N4O5/c1-11(23)17-16-13(7-20(19-16)9-15(24)25)14-8-21(17)18(26)22(14)27-10-12-5-3-2-4-6-12/h2-7,14,17H,8-10H2,1H3,(H,24,25)/t14-,17-/m1/s1. The molecule has 3 heterocycles. The van der Waals surface area contributed by atoms with Crippen molar-refractivity contribution in [2.24, 2.45) is 0 Å². The average Bonchev–Trinajstić information content (AvgIpc) is 3.15. The minimum Gasteiger partial charge on any atom is -0.480 e.